The molecular formula is C11H20N2O. The van der Waals surface area contributed by atoms with Crippen LogP contribution in [0, 0.1) is 5.92 Å². The van der Waals surface area contributed by atoms with Crippen LogP contribution in [0.4, 0.5) is 0 Å². The van der Waals surface area contributed by atoms with Gasteiger partial charge in [0.05, 0.1) is 0 Å². The first-order chi connectivity index (χ1) is 6.58. The van der Waals surface area contributed by atoms with Crippen molar-refractivity contribution in [2.45, 2.75) is 51.1 Å². The molecule has 1 heterocycles. The van der Waals surface area contributed by atoms with Crippen molar-refractivity contribution in [1.82, 2.24) is 10.6 Å². The molecule has 0 aromatic rings. The highest BCUT2D eigenvalue weighted by Crippen LogP contribution is 2.29. The predicted octanol–water partition coefficient (Wildman–Crippen LogP) is 1.04. The normalized spacial score (nSPS) is 31.3. The number of amides is 1. The van der Waals surface area contributed by atoms with Crippen molar-refractivity contribution < 1.29 is 4.79 Å². The SMILES string of the molecule is CC1(C)NC(=O)CCC1NCC1CC1. The number of nitrogens with one attached hydrogen (secondary N) is 2. The van der Waals surface area contributed by atoms with E-state index in [9.17, 15) is 4.79 Å². The summed E-state index contributed by atoms with van der Waals surface area (Å²) in [5, 5.41) is 6.63. The van der Waals surface area contributed by atoms with Gasteiger partial charge in [-0.25, -0.2) is 0 Å². The zero-order valence-corrected chi connectivity index (χ0v) is 9.10. The van der Waals surface area contributed by atoms with E-state index in [4.69, 9.17) is 0 Å². The van der Waals surface area contributed by atoms with E-state index < -0.39 is 0 Å². The average Bonchev–Trinajstić information content (AvgIpc) is 2.84. The molecule has 2 rings (SSSR count). The van der Waals surface area contributed by atoms with Gasteiger partial charge in [0.1, 0.15) is 0 Å². The summed E-state index contributed by atoms with van der Waals surface area (Å²) in [6.45, 7) is 5.34. The Morgan fingerprint density at radius 2 is 2.14 bits per heavy atom. The van der Waals surface area contributed by atoms with Gasteiger partial charge in [0, 0.05) is 18.0 Å². The Balaban J connectivity index is 1.85. The molecule has 0 aromatic heterocycles. The molecule has 0 aromatic carbocycles. The lowest BCUT2D eigenvalue weighted by Crippen LogP contribution is -2.61. The number of hydrogen-bond acceptors (Lipinski definition) is 2. The summed E-state index contributed by atoms with van der Waals surface area (Å²) in [7, 11) is 0. The maximum absolute atomic E-state index is 11.2. The second kappa shape index (κ2) is 3.54. The highest BCUT2D eigenvalue weighted by molar-refractivity contribution is 5.77. The first kappa shape index (κ1) is 9.97. The quantitative estimate of drug-likeness (QED) is 0.708. The summed E-state index contributed by atoms with van der Waals surface area (Å²) in [5.74, 6) is 1.10. The van der Waals surface area contributed by atoms with Crippen LogP contribution in [-0.2, 0) is 4.79 Å². The zero-order chi connectivity index (χ0) is 10.2. The van der Waals surface area contributed by atoms with Crippen molar-refractivity contribution in [3.8, 4) is 0 Å². The highest BCUT2D eigenvalue weighted by Gasteiger charge is 2.35. The lowest BCUT2D eigenvalue weighted by Gasteiger charge is -2.39. The summed E-state index contributed by atoms with van der Waals surface area (Å²) in [6, 6.07) is 0.445. The fourth-order valence-corrected chi connectivity index (χ4v) is 2.13. The molecule has 2 N–H and O–H groups in total. The molecular weight excluding hydrogens is 176 g/mol. The molecule has 14 heavy (non-hydrogen) atoms. The summed E-state index contributed by atoms with van der Waals surface area (Å²) < 4.78 is 0. The van der Waals surface area contributed by atoms with Gasteiger partial charge in [-0.3, -0.25) is 4.79 Å². The maximum Gasteiger partial charge on any atom is 0.220 e. The Labute approximate surface area is 85.6 Å². The standard InChI is InChI=1S/C11H20N2O/c1-11(2)9(5-6-10(14)13-11)12-7-8-3-4-8/h8-9,12H,3-7H2,1-2H3,(H,13,14). The smallest absolute Gasteiger partial charge is 0.220 e. The fourth-order valence-electron chi connectivity index (χ4n) is 2.13. The average molecular weight is 196 g/mol. The van der Waals surface area contributed by atoms with Crippen molar-refractivity contribution >= 4 is 5.91 Å². The van der Waals surface area contributed by atoms with E-state index in [2.05, 4.69) is 24.5 Å². The van der Waals surface area contributed by atoms with Crippen LogP contribution in [0.25, 0.3) is 0 Å². The Kier molecular flexibility index (Phi) is 2.52. The zero-order valence-electron chi connectivity index (χ0n) is 9.10. The van der Waals surface area contributed by atoms with E-state index in [1.54, 1.807) is 0 Å². The van der Waals surface area contributed by atoms with Crippen molar-refractivity contribution in [3.63, 3.8) is 0 Å². The Hall–Kier alpha value is -0.570. The Bertz CT molecular complexity index is 233. The van der Waals surface area contributed by atoms with E-state index >= 15 is 0 Å². The van der Waals surface area contributed by atoms with Crippen LogP contribution >= 0.6 is 0 Å². The van der Waals surface area contributed by atoms with E-state index in [1.807, 2.05) is 0 Å². The number of piperidine rings is 1. The minimum atomic E-state index is -0.0791. The third-order valence-corrected chi connectivity index (χ3v) is 3.34. The first-order valence-corrected chi connectivity index (χ1v) is 5.62. The topological polar surface area (TPSA) is 41.1 Å². The largest absolute Gasteiger partial charge is 0.350 e. The van der Waals surface area contributed by atoms with Gasteiger partial charge in [-0.15, -0.1) is 0 Å². The van der Waals surface area contributed by atoms with Gasteiger partial charge >= 0.3 is 0 Å². The summed E-state index contributed by atoms with van der Waals surface area (Å²) in [6.07, 6.45) is 4.41. The molecule has 3 nitrogen and oxygen atoms in total. The van der Waals surface area contributed by atoms with Crippen LogP contribution < -0.4 is 10.6 Å². The molecule has 0 bridgehead atoms. The van der Waals surface area contributed by atoms with E-state index in [0.717, 1.165) is 18.9 Å². The first-order valence-electron chi connectivity index (χ1n) is 5.62. The monoisotopic (exact) mass is 196 g/mol. The lowest BCUT2D eigenvalue weighted by atomic mass is 9.87. The van der Waals surface area contributed by atoms with Gasteiger partial charge in [0.15, 0.2) is 0 Å². The molecule has 80 valence electrons. The van der Waals surface area contributed by atoms with Crippen LogP contribution in [-0.4, -0.2) is 24.0 Å². The third kappa shape index (κ3) is 2.27. The Morgan fingerprint density at radius 3 is 2.71 bits per heavy atom. The molecule has 1 aliphatic heterocycles. The molecule has 1 unspecified atom stereocenters. The lowest BCUT2D eigenvalue weighted by molar-refractivity contribution is -0.125. The van der Waals surface area contributed by atoms with Gasteiger partial charge in [-0.05, 0) is 45.6 Å². The molecule has 2 aliphatic rings. The van der Waals surface area contributed by atoms with Crippen LogP contribution in [0.1, 0.15) is 39.5 Å². The molecule has 3 heteroatoms. The molecule has 1 aliphatic carbocycles. The van der Waals surface area contributed by atoms with Crippen LogP contribution in [0.2, 0.25) is 0 Å². The highest BCUT2D eigenvalue weighted by atomic mass is 16.1. The molecule has 1 saturated heterocycles. The van der Waals surface area contributed by atoms with Crippen molar-refractivity contribution in [1.29, 1.82) is 0 Å². The molecule has 1 atom stereocenters. The third-order valence-electron chi connectivity index (χ3n) is 3.34. The molecule has 0 radical (unpaired) electrons. The maximum atomic E-state index is 11.2. The number of hydrogen-bond donors (Lipinski definition) is 2. The minimum Gasteiger partial charge on any atom is -0.350 e. The van der Waals surface area contributed by atoms with Crippen LogP contribution in [0.5, 0.6) is 0 Å². The van der Waals surface area contributed by atoms with Crippen molar-refractivity contribution in [2.24, 2.45) is 5.92 Å². The summed E-state index contributed by atoms with van der Waals surface area (Å²) in [5.41, 5.74) is -0.0791. The molecule has 1 amide bonds. The van der Waals surface area contributed by atoms with Crippen molar-refractivity contribution in [2.75, 3.05) is 6.54 Å². The predicted molar refractivity (Wildman–Crippen MR) is 56.0 cm³/mol. The molecule has 0 spiro atoms. The second-order valence-corrected chi connectivity index (χ2v) is 5.21. The van der Waals surface area contributed by atoms with Gasteiger partial charge in [0.2, 0.25) is 5.91 Å². The van der Waals surface area contributed by atoms with Crippen molar-refractivity contribution in [3.05, 3.63) is 0 Å². The van der Waals surface area contributed by atoms with Gasteiger partial charge in [-0.2, -0.15) is 0 Å². The van der Waals surface area contributed by atoms with E-state index in [1.165, 1.54) is 12.8 Å². The molecule has 1 saturated carbocycles. The number of carbonyl (C=O) groups excluding carboxylic acids is 1. The number of rotatable bonds is 3. The van der Waals surface area contributed by atoms with Gasteiger partial charge in [-0.1, -0.05) is 0 Å². The van der Waals surface area contributed by atoms with E-state index in [-0.39, 0.29) is 11.4 Å². The summed E-state index contributed by atoms with van der Waals surface area (Å²) >= 11 is 0. The van der Waals surface area contributed by atoms with Gasteiger partial charge < -0.3 is 10.6 Å². The summed E-state index contributed by atoms with van der Waals surface area (Å²) in [4.78, 5) is 11.2. The minimum absolute atomic E-state index is 0.0791. The Morgan fingerprint density at radius 1 is 1.43 bits per heavy atom. The van der Waals surface area contributed by atoms with E-state index in [0.29, 0.717) is 12.5 Å². The second-order valence-electron chi connectivity index (χ2n) is 5.21. The van der Waals surface area contributed by atoms with Crippen LogP contribution in [0.15, 0.2) is 0 Å². The molecule has 2 fully saturated rings. The number of carbonyl (C=O) groups is 1. The fraction of sp³-hybridized carbons (Fsp3) is 0.909. The van der Waals surface area contributed by atoms with Gasteiger partial charge in [0.25, 0.3) is 0 Å². The van der Waals surface area contributed by atoms with Crippen LogP contribution in [0.3, 0.4) is 0 Å².